The van der Waals surface area contributed by atoms with Crippen molar-refractivity contribution >= 4 is 23.1 Å². The smallest absolute Gasteiger partial charge is 0.322 e. The van der Waals surface area contributed by atoms with E-state index >= 15 is 0 Å². The standard InChI is InChI=1S/C16H17N5O2S/c1-21(11-6-3-4-7-12(11)23-2)16(22)17-10-14-18-15(20-19-14)13-8-5-9-24-13/h3-9H,10H2,1-2H3,(H,17,22)(H,18,19,20). The van der Waals surface area contributed by atoms with E-state index in [1.807, 2.05) is 41.8 Å². The number of methoxy groups -OCH3 is 1. The molecule has 0 spiro atoms. The molecule has 7 nitrogen and oxygen atoms in total. The fraction of sp³-hybridized carbons (Fsp3) is 0.188. The largest absolute Gasteiger partial charge is 0.495 e. The molecule has 0 saturated heterocycles. The monoisotopic (exact) mass is 343 g/mol. The molecular formula is C16H17N5O2S. The summed E-state index contributed by atoms with van der Waals surface area (Å²) < 4.78 is 5.28. The third kappa shape index (κ3) is 3.38. The lowest BCUT2D eigenvalue weighted by atomic mass is 10.3. The quantitative estimate of drug-likeness (QED) is 0.746. The van der Waals surface area contributed by atoms with Crippen LogP contribution < -0.4 is 15.0 Å². The Morgan fingerprint density at radius 1 is 1.33 bits per heavy atom. The van der Waals surface area contributed by atoms with Gasteiger partial charge in [0.05, 0.1) is 24.2 Å². The number of carbonyl (C=O) groups excluding carboxylic acids is 1. The zero-order valence-corrected chi connectivity index (χ0v) is 14.1. The molecule has 2 heterocycles. The molecule has 0 aliphatic carbocycles. The van der Waals surface area contributed by atoms with Crippen LogP contribution in [0.3, 0.4) is 0 Å². The lowest BCUT2D eigenvalue weighted by Crippen LogP contribution is -2.37. The van der Waals surface area contributed by atoms with E-state index < -0.39 is 0 Å². The highest BCUT2D eigenvalue weighted by molar-refractivity contribution is 7.13. The van der Waals surface area contributed by atoms with Crippen LogP contribution in [0.1, 0.15) is 5.82 Å². The third-order valence-electron chi connectivity index (χ3n) is 3.43. The van der Waals surface area contributed by atoms with E-state index in [2.05, 4.69) is 20.5 Å². The van der Waals surface area contributed by atoms with Crippen molar-refractivity contribution in [2.75, 3.05) is 19.1 Å². The molecule has 3 rings (SSSR count). The van der Waals surface area contributed by atoms with E-state index in [0.717, 1.165) is 4.88 Å². The number of amides is 2. The lowest BCUT2D eigenvalue weighted by molar-refractivity contribution is 0.246. The highest BCUT2D eigenvalue weighted by Gasteiger charge is 2.15. The second kappa shape index (κ2) is 7.14. The van der Waals surface area contributed by atoms with Crippen LogP contribution in [-0.4, -0.2) is 35.4 Å². The molecule has 8 heteroatoms. The van der Waals surface area contributed by atoms with E-state index in [1.165, 1.54) is 4.90 Å². The van der Waals surface area contributed by atoms with Crippen LogP contribution in [0.2, 0.25) is 0 Å². The molecule has 0 fully saturated rings. The van der Waals surface area contributed by atoms with Gasteiger partial charge >= 0.3 is 6.03 Å². The minimum Gasteiger partial charge on any atom is -0.495 e. The molecule has 2 aromatic heterocycles. The first-order chi connectivity index (χ1) is 11.7. The summed E-state index contributed by atoms with van der Waals surface area (Å²) in [4.78, 5) is 19.2. The third-order valence-corrected chi connectivity index (χ3v) is 4.30. The molecule has 0 atom stereocenters. The van der Waals surface area contributed by atoms with Crippen molar-refractivity contribution in [3.05, 3.63) is 47.6 Å². The molecule has 1 aromatic carbocycles. The van der Waals surface area contributed by atoms with Gasteiger partial charge in [-0.2, -0.15) is 5.10 Å². The minimum atomic E-state index is -0.256. The van der Waals surface area contributed by atoms with Crippen molar-refractivity contribution < 1.29 is 9.53 Å². The highest BCUT2D eigenvalue weighted by atomic mass is 32.1. The predicted molar refractivity (Wildman–Crippen MR) is 93.3 cm³/mol. The maximum atomic E-state index is 12.3. The summed E-state index contributed by atoms with van der Waals surface area (Å²) in [5.74, 6) is 1.86. The van der Waals surface area contributed by atoms with Crippen molar-refractivity contribution in [1.29, 1.82) is 0 Å². The second-order valence-corrected chi connectivity index (χ2v) is 5.92. The molecule has 0 radical (unpaired) electrons. The second-order valence-electron chi connectivity index (χ2n) is 4.97. The van der Waals surface area contributed by atoms with Crippen molar-refractivity contribution in [3.8, 4) is 16.5 Å². The molecule has 2 amide bonds. The molecule has 3 aromatic rings. The van der Waals surface area contributed by atoms with Crippen LogP contribution >= 0.6 is 11.3 Å². The average Bonchev–Trinajstić information content (AvgIpc) is 3.30. The number of carbonyl (C=O) groups is 1. The SMILES string of the molecule is COc1ccccc1N(C)C(=O)NCc1nc(-c2cccs2)n[nH]1. The molecule has 0 bridgehead atoms. The van der Waals surface area contributed by atoms with Crippen molar-refractivity contribution in [2.45, 2.75) is 6.54 Å². The van der Waals surface area contributed by atoms with Crippen LogP contribution in [0.5, 0.6) is 5.75 Å². The molecule has 24 heavy (non-hydrogen) atoms. The zero-order valence-electron chi connectivity index (χ0n) is 13.3. The van der Waals surface area contributed by atoms with E-state index in [4.69, 9.17) is 4.74 Å². The Morgan fingerprint density at radius 2 is 2.17 bits per heavy atom. The first kappa shape index (κ1) is 16.0. The number of urea groups is 1. The molecular weight excluding hydrogens is 326 g/mol. The normalized spacial score (nSPS) is 10.4. The fourth-order valence-electron chi connectivity index (χ4n) is 2.18. The van der Waals surface area contributed by atoms with Gasteiger partial charge in [-0.25, -0.2) is 9.78 Å². The number of rotatable bonds is 5. The number of thiophene rings is 1. The van der Waals surface area contributed by atoms with Crippen molar-refractivity contribution in [2.24, 2.45) is 0 Å². The highest BCUT2D eigenvalue weighted by Crippen LogP contribution is 2.26. The topological polar surface area (TPSA) is 83.1 Å². The first-order valence-electron chi connectivity index (χ1n) is 7.28. The predicted octanol–water partition coefficient (Wildman–Crippen LogP) is 2.89. The van der Waals surface area contributed by atoms with Crippen LogP contribution in [-0.2, 0) is 6.54 Å². The lowest BCUT2D eigenvalue weighted by Gasteiger charge is -2.20. The Labute approximate surface area is 143 Å². The fourth-order valence-corrected chi connectivity index (χ4v) is 2.84. The number of aromatic nitrogens is 3. The Hall–Kier alpha value is -2.87. The van der Waals surface area contributed by atoms with E-state index in [9.17, 15) is 4.79 Å². The van der Waals surface area contributed by atoms with Gasteiger partial charge in [0.2, 0.25) is 0 Å². The van der Waals surface area contributed by atoms with Crippen molar-refractivity contribution in [3.63, 3.8) is 0 Å². The zero-order chi connectivity index (χ0) is 16.9. The Kier molecular flexibility index (Phi) is 4.76. The number of hydrogen-bond acceptors (Lipinski definition) is 5. The summed E-state index contributed by atoms with van der Waals surface area (Å²) in [6.45, 7) is 0.261. The van der Waals surface area contributed by atoms with Crippen LogP contribution in [0.4, 0.5) is 10.5 Å². The average molecular weight is 343 g/mol. The maximum absolute atomic E-state index is 12.3. The van der Waals surface area contributed by atoms with Gasteiger partial charge in [0, 0.05) is 7.05 Å². The molecule has 0 unspecified atom stereocenters. The number of hydrogen-bond donors (Lipinski definition) is 2. The minimum absolute atomic E-state index is 0.256. The maximum Gasteiger partial charge on any atom is 0.322 e. The Morgan fingerprint density at radius 3 is 2.92 bits per heavy atom. The van der Waals surface area contributed by atoms with Gasteiger partial charge in [-0.3, -0.25) is 10.00 Å². The molecule has 0 aliphatic heterocycles. The number of nitrogens with one attached hydrogen (secondary N) is 2. The summed E-state index contributed by atoms with van der Waals surface area (Å²) >= 11 is 1.57. The Balaban J connectivity index is 1.63. The number of nitrogens with zero attached hydrogens (tertiary/aromatic N) is 3. The van der Waals surface area contributed by atoms with Gasteiger partial charge in [0.1, 0.15) is 11.6 Å². The van der Waals surface area contributed by atoms with Gasteiger partial charge in [0.15, 0.2) is 5.82 Å². The molecule has 124 valence electrons. The van der Waals surface area contributed by atoms with E-state index in [1.54, 1.807) is 25.5 Å². The molecule has 0 saturated carbocycles. The van der Waals surface area contributed by atoms with Crippen LogP contribution in [0.25, 0.3) is 10.7 Å². The van der Waals surface area contributed by atoms with Gasteiger partial charge < -0.3 is 10.1 Å². The number of H-pyrrole nitrogens is 1. The van der Waals surface area contributed by atoms with Crippen LogP contribution in [0.15, 0.2) is 41.8 Å². The number of aromatic amines is 1. The summed E-state index contributed by atoms with van der Waals surface area (Å²) in [6, 6.07) is 11.0. The number of para-hydroxylation sites is 2. The number of ether oxygens (including phenoxy) is 1. The van der Waals surface area contributed by atoms with Gasteiger partial charge in [0.25, 0.3) is 0 Å². The molecule has 0 aliphatic rings. The number of benzene rings is 1. The van der Waals surface area contributed by atoms with Crippen molar-refractivity contribution in [1.82, 2.24) is 20.5 Å². The van der Waals surface area contributed by atoms with Crippen LogP contribution in [0, 0.1) is 0 Å². The summed E-state index contributed by atoms with van der Waals surface area (Å²) in [7, 11) is 3.26. The summed E-state index contributed by atoms with van der Waals surface area (Å²) in [5.41, 5.74) is 0.689. The van der Waals surface area contributed by atoms with E-state index in [-0.39, 0.29) is 12.6 Å². The van der Waals surface area contributed by atoms with Gasteiger partial charge in [-0.15, -0.1) is 11.3 Å². The summed E-state index contributed by atoms with van der Waals surface area (Å²) in [5, 5.41) is 11.8. The Bertz CT molecular complexity index is 816. The van der Waals surface area contributed by atoms with E-state index in [0.29, 0.717) is 23.1 Å². The van der Waals surface area contributed by atoms with Gasteiger partial charge in [-0.1, -0.05) is 18.2 Å². The number of anilines is 1. The van der Waals surface area contributed by atoms with Gasteiger partial charge in [-0.05, 0) is 23.6 Å². The first-order valence-corrected chi connectivity index (χ1v) is 8.16. The molecule has 2 N–H and O–H groups in total. The summed E-state index contributed by atoms with van der Waals surface area (Å²) in [6.07, 6.45) is 0.